The number of thiophene rings is 2. The molecule has 12 rings (SSSR count). The van der Waals surface area contributed by atoms with E-state index in [0.717, 1.165) is 88.3 Å². The monoisotopic (exact) mass is 976 g/mol. The summed E-state index contributed by atoms with van der Waals surface area (Å²) in [6.45, 7) is 0. The number of para-hydroxylation sites is 2. The van der Waals surface area contributed by atoms with Crippen molar-refractivity contribution in [3.8, 4) is 41.8 Å². The molecule has 0 atom stereocenters. The molecule has 10 nitrogen and oxygen atoms in total. The molecule has 0 aliphatic carbocycles. The second kappa shape index (κ2) is 18.2. The number of nitrogens with zero attached hydrogens (tertiary/aromatic N) is 6. The first-order valence-corrected chi connectivity index (χ1v) is 24.9. The van der Waals surface area contributed by atoms with E-state index in [-0.39, 0.29) is 22.2 Å². The number of rotatable bonds is 12. The highest BCUT2D eigenvalue weighted by atomic mass is 32.1. The molecule has 0 fully saturated rings. The molecule has 0 aliphatic heterocycles. The predicted octanol–water partition coefficient (Wildman–Crippen LogP) is 17.5. The van der Waals surface area contributed by atoms with Crippen LogP contribution in [-0.4, -0.2) is 18.6 Å². The lowest BCUT2D eigenvalue weighted by atomic mass is 10.0. The van der Waals surface area contributed by atoms with Gasteiger partial charge in [0.1, 0.15) is 22.2 Å². The van der Waals surface area contributed by atoms with Gasteiger partial charge in [-0.05, 0) is 107 Å². The largest absolute Gasteiger partial charge is 0.357 e. The van der Waals surface area contributed by atoms with Crippen LogP contribution in [0.2, 0.25) is 0 Å². The summed E-state index contributed by atoms with van der Waals surface area (Å²) in [5.41, 5.74) is 7.17. The Morgan fingerprint density at radius 3 is 1.13 bits per heavy atom. The summed E-state index contributed by atoms with van der Waals surface area (Å²) < 4.78 is 9.16. The smallest absolute Gasteiger partial charge is 0.310 e. The van der Waals surface area contributed by atoms with E-state index in [1.165, 1.54) is 22.7 Å². The number of nitro benzene ring substituents is 2. The predicted molar refractivity (Wildman–Crippen MR) is 293 cm³/mol. The summed E-state index contributed by atoms with van der Waals surface area (Å²) in [5.74, 6) is 0. The molecule has 0 amide bonds. The van der Waals surface area contributed by atoms with Crippen LogP contribution in [0.5, 0.6) is 0 Å². The summed E-state index contributed by atoms with van der Waals surface area (Å²) in [5, 5.41) is 30.9. The molecule has 3 heterocycles. The topological polar surface area (TPSA) is 119 Å². The van der Waals surface area contributed by atoms with Gasteiger partial charge >= 0.3 is 11.4 Å². The molecule has 0 radical (unpaired) electrons. The maximum Gasteiger partial charge on any atom is 0.357 e. The average molecular weight is 977 g/mol. The van der Waals surface area contributed by atoms with E-state index in [2.05, 4.69) is 128 Å². The normalized spacial score (nSPS) is 11.3. The van der Waals surface area contributed by atoms with Gasteiger partial charge in [0.05, 0.1) is 32.9 Å². The van der Waals surface area contributed by atoms with Crippen LogP contribution in [-0.2, 0) is 0 Å². The number of nitro groups is 2. The molecule has 0 bridgehead atoms. The van der Waals surface area contributed by atoms with Crippen molar-refractivity contribution in [1.29, 1.82) is 0 Å². The standard InChI is InChI=1S/C58H36N6O4S3/c65-63(66)57-53(51-35-33-49(69-51)39-25-29-43(30-26-39)61(41-17-3-1-4-18-41)47-23-11-15-37-13-7-9-21-45(37)47)55-56(60-71-59-55)54(58(57)64(67)68)52-36-34-50(70-52)40-27-31-44(32-28-40)62(42-19-5-2-6-20-42)48-24-12-16-38-14-8-10-22-46(38)48/h1-36H. The highest BCUT2D eigenvalue weighted by molar-refractivity contribution is 7.19. The van der Waals surface area contributed by atoms with E-state index in [1.807, 2.05) is 97.1 Å². The molecule has 0 saturated carbocycles. The third-order valence-electron chi connectivity index (χ3n) is 12.6. The van der Waals surface area contributed by atoms with Crippen LogP contribution in [0.4, 0.5) is 45.5 Å². The number of benzene rings is 9. The third kappa shape index (κ3) is 7.84. The minimum absolute atomic E-state index is 0.0785. The fourth-order valence-electron chi connectivity index (χ4n) is 9.42. The fraction of sp³-hybridized carbons (Fsp3) is 0. The first-order chi connectivity index (χ1) is 34.9. The Morgan fingerprint density at radius 2 is 0.718 bits per heavy atom. The van der Waals surface area contributed by atoms with Gasteiger partial charge < -0.3 is 9.80 Å². The molecule has 3 aromatic heterocycles. The first kappa shape index (κ1) is 43.4. The molecule has 0 N–H and O–H groups in total. The number of hydrogen-bond donors (Lipinski definition) is 0. The van der Waals surface area contributed by atoms with E-state index >= 15 is 0 Å². The van der Waals surface area contributed by atoms with Gasteiger partial charge in [0, 0.05) is 53.0 Å². The molecule has 12 aromatic rings. The molecule has 0 aliphatic rings. The lowest BCUT2D eigenvalue weighted by Gasteiger charge is -2.27. The van der Waals surface area contributed by atoms with Crippen LogP contribution in [0.15, 0.2) is 218 Å². The van der Waals surface area contributed by atoms with Gasteiger partial charge in [-0.25, -0.2) is 0 Å². The minimum Gasteiger partial charge on any atom is -0.310 e. The van der Waals surface area contributed by atoms with Crippen molar-refractivity contribution < 1.29 is 9.85 Å². The van der Waals surface area contributed by atoms with Crippen molar-refractivity contribution in [2.45, 2.75) is 0 Å². The zero-order valence-corrected chi connectivity index (χ0v) is 39.8. The third-order valence-corrected chi connectivity index (χ3v) is 15.4. The van der Waals surface area contributed by atoms with E-state index in [1.54, 1.807) is 12.1 Å². The Bertz CT molecular complexity index is 3700. The van der Waals surface area contributed by atoms with E-state index < -0.39 is 21.2 Å². The maximum atomic E-state index is 13.2. The van der Waals surface area contributed by atoms with Gasteiger partial charge in [0.15, 0.2) is 0 Å². The second-order valence-electron chi connectivity index (χ2n) is 16.7. The van der Waals surface area contributed by atoms with Gasteiger partial charge in [-0.2, -0.15) is 8.75 Å². The zero-order chi connectivity index (χ0) is 48.0. The molecule has 13 heteroatoms. The Morgan fingerprint density at radius 1 is 0.366 bits per heavy atom. The van der Waals surface area contributed by atoms with Crippen LogP contribution in [0.3, 0.4) is 0 Å². The molecule has 9 aromatic carbocycles. The fourth-order valence-corrected chi connectivity index (χ4v) is 12.1. The highest BCUT2D eigenvalue weighted by Gasteiger charge is 2.40. The number of fused-ring (bicyclic) bond motifs is 3. The van der Waals surface area contributed by atoms with E-state index in [0.29, 0.717) is 9.75 Å². The van der Waals surface area contributed by atoms with Gasteiger partial charge in [-0.3, -0.25) is 20.2 Å². The maximum absolute atomic E-state index is 13.2. The van der Waals surface area contributed by atoms with E-state index in [9.17, 15) is 20.2 Å². The van der Waals surface area contributed by atoms with Crippen LogP contribution in [0.1, 0.15) is 0 Å². The molecule has 0 unspecified atom stereocenters. The minimum atomic E-state index is -0.656. The summed E-state index contributed by atoms with van der Waals surface area (Å²) in [6, 6.07) is 73.2. The Labute approximate surface area is 418 Å². The highest BCUT2D eigenvalue weighted by Crippen LogP contribution is 2.53. The zero-order valence-electron chi connectivity index (χ0n) is 37.3. The van der Waals surface area contributed by atoms with Gasteiger partial charge in [-0.1, -0.05) is 133 Å². The van der Waals surface area contributed by atoms with Crippen LogP contribution < -0.4 is 9.80 Å². The lowest BCUT2D eigenvalue weighted by Crippen LogP contribution is -2.10. The number of aromatic nitrogens is 2. The Kier molecular flexibility index (Phi) is 11.1. The van der Waals surface area contributed by atoms with Crippen molar-refractivity contribution in [3.63, 3.8) is 0 Å². The van der Waals surface area contributed by atoms with Crippen LogP contribution in [0, 0.1) is 20.2 Å². The lowest BCUT2D eigenvalue weighted by molar-refractivity contribution is -0.421. The van der Waals surface area contributed by atoms with Crippen molar-refractivity contribution in [1.82, 2.24) is 8.75 Å². The average Bonchev–Trinajstić information content (AvgIpc) is 4.23. The molecular formula is C58H36N6O4S3. The number of hydrogen-bond acceptors (Lipinski definition) is 11. The van der Waals surface area contributed by atoms with Crippen molar-refractivity contribution >= 4 is 112 Å². The number of anilines is 6. The van der Waals surface area contributed by atoms with Crippen molar-refractivity contribution in [2.24, 2.45) is 0 Å². The second-order valence-corrected chi connectivity index (χ2v) is 19.4. The summed E-state index contributed by atoms with van der Waals surface area (Å²) in [4.78, 5) is 32.2. The first-order valence-electron chi connectivity index (χ1n) is 22.6. The molecular weight excluding hydrogens is 941 g/mol. The molecule has 0 spiro atoms. The SMILES string of the molecule is O=[N+]([O-])c1c([N+](=O)[O-])c(-c2ccc(-c3ccc(N(c4ccccc4)c4cccc5ccccc45)cc3)s2)c2nsnc2c1-c1ccc(-c2ccc(N(c3ccccc3)c3cccc4ccccc34)cc2)s1. The van der Waals surface area contributed by atoms with Gasteiger partial charge in [-0.15, -0.1) is 22.7 Å². The summed E-state index contributed by atoms with van der Waals surface area (Å²) in [6.07, 6.45) is 0. The quantitative estimate of drug-likeness (QED) is 0.0877. The van der Waals surface area contributed by atoms with Crippen molar-refractivity contribution in [2.75, 3.05) is 9.80 Å². The Hall–Kier alpha value is -8.88. The van der Waals surface area contributed by atoms with Crippen molar-refractivity contribution in [3.05, 3.63) is 239 Å². The van der Waals surface area contributed by atoms with Crippen LogP contribution in [0.25, 0.3) is 74.3 Å². The molecule has 340 valence electrons. The molecule has 71 heavy (non-hydrogen) atoms. The van der Waals surface area contributed by atoms with Crippen LogP contribution >= 0.6 is 34.4 Å². The van der Waals surface area contributed by atoms with E-state index in [4.69, 9.17) is 0 Å². The Balaban J connectivity index is 0.894. The van der Waals surface area contributed by atoms with Gasteiger partial charge in [0.25, 0.3) is 0 Å². The summed E-state index contributed by atoms with van der Waals surface area (Å²) >= 11 is 3.51. The summed E-state index contributed by atoms with van der Waals surface area (Å²) in [7, 11) is 0. The van der Waals surface area contributed by atoms with Gasteiger partial charge in [0.2, 0.25) is 0 Å². The molecule has 0 saturated heterocycles.